The van der Waals surface area contributed by atoms with Crippen LogP contribution in [0, 0.1) is 0 Å². The molecule has 0 radical (unpaired) electrons. The minimum atomic E-state index is -4.58. The summed E-state index contributed by atoms with van der Waals surface area (Å²) in [7, 11) is -3.16. The van der Waals surface area contributed by atoms with Gasteiger partial charge in [-0.15, -0.1) is 0 Å². The molecule has 0 aliphatic heterocycles. The number of imide groups is 1. The van der Waals surface area contributed by atoms with E-state index in [2.05, 4.69) is 10.2 Å². The van der Waals surface area contributed by atoms with Gasteiger partial charge in [-0.3, -0.25) is 14.1 Å². The van der Waals surface area contributed by atoms with Crippen LogP contribution in [0.15, 0.2) is 75.8 Å². The Bertz CT molecular complexity index is 1290. The highest BCUT2D eigenvalue weighted by molar-refractivity contribution is 7.86. The molecule has 9 nitrogen and oxygen atoms in total. The normalized spacial score (nSPS) is 11.6. The highest BCUT2D eigenvalue weighted by atomic mass is 32.2. The Labute approximate surface area is 178 Å². The van der Waals surface area contributed by atoms with Gasteiger partial charge in [-0.25, -0.2) is 4.90 Å². The summed E-state index contributed by atoms with van der Waals surface area (Å²) in [5.74, 6) is -0.909. The Kier molecular flexibility index (Phi) is 6.42. The molecule has 3 rings (SSSR count). The number of hydrogen-bond donors (Lipinski definition) is 1. The van der Waals surface area contributed by atoms with Crippen molar-refractivity contribution >= 4 is 44.1 Å². The minimum Gasteiger partial charge on any atom is -0.495 e. The Morgan fingerprint density at radius 1 is 1.03 bits per heavy atom. The lowest BCUT2D eigenvalue weighted by Crippen LogP contribution is -2.37. The summed E-state index contributed by atoms with van der Waals surface area (Å²) < 4.78 is 38.3. The van der Waals surface area contributed by atoms with Crippen molar-refractivity contribution in [3.63, 3.8) is 0 Å². The maximum atomic E-state index is 12.7. The Morgan fingerprint density at radius 2 is 1.71 bits per heavy atom. The van der Waals surface area contributed by atoms with E-state index in [0.717, 1.165) is 4.90 Å². The first-order valence-corrected chi connectivity index (χ1v) is 10.5. The summed E-state index contributed by atoms with van der Waals surface area (Å²) >= 11 is 0. The quantitative estimate of drug-likeness (QED) is 0.459. The van der Waals surface area contributed by atoms with Gasteiger partial charge in [0.2, 0.25) is 5.91 Å². The molecule has 0 unspecified atom stereocenters. The van der Waals surface area contributed by atoms with Gasteiger partial charge in [-0.05, 0) is 23.6 Å². The van der Waals surface area contributed by atoms with Crippen molar-refractivity contribution in [3.05, 3.63) is 60.7 Å². The molecular formula is C21H19N3O6S. The van der Waals surface area contributed by atoms with Crippen LogP contribution in [-0.2, 0) is 19.7 Å². The minimum absolute atomic E-state index is 0.0972. The topological polar surface area (TPSA) is 126 Å². The number of ether oxygens (including phenoxy) is 1. The summed E-state index contributed by atoms with van der Waals surface area (Å²) in [6.07, 6.45) is 0. The predicted molar refractivity (Wildman–Crippen MR) is 114 cm³/mol. The van der Waals surface area contributed by atoms with E-state index in [1.54, 1.807) is 48.5 Å². The van der Waals surface area contributed by atoms with Crippen LogP contribution in [0.4, 0.5) is 11.4 Å². The first-order chi connectivity index (χ1) is 14.7. The summed E-state index contributed by atoms with van der Waals surface area (Å²) in [6.45, 7) is 0.689. The molecule has 0 aromatic heterocycles. The van der Waals surface area contributed by atoms with Crippen LogP contribution in [0.3, 0.4) is 0 Å². The lowest BCUT2D eigenvalue weighted by molar-refractivity contribution is -0.124. The third-order valence-electron chi connectivity index (χ3n) is 4.41. The number of carbonyl (C=O) groups excluding carboxylic acids is 2. The first kappa shape index (κ1) is 22.1. The smallest absolute Gasteiger partial charge is 0.296 e. The van der Waals surface area contributed by atoms with Crippen LogP contribution in [0.25, 0.3) is 10.8 Å². The molecule has 0 aliphatic carbocycles. The van der Waals surface area contributed by atoms with E-state index in [4.69, 9.17) is 4.74 Å². The van der Waals surface area contributed by atoms with Crippen LogP contribution >= 0.6 is 0 Å². The number of amides is 2. The van der Waals surface area contributed by atoms with E-state index in [-0.39, 0.29) is 11.4 Å². The fourth-order valence-electron chi connectivity index (χ4n) is 3.08. The van der Waals surface area contributed by atoms with Crippen molar-refractivity contribution < 1.29 is 27.3 Å². The van der Waals surface area contributed by atoms with Crippen molar-refractivity contribution in [1.82, 2.24) is 0 Å². The maximum Gasteiger partial charge on any atom is 0.296 e. The highest BCUT2D eigenvalue weighted by Gasteiger charge is 2.23. The average molecular weight is 441 g/mol. The Hall–Kier alpha value is -3.63. The van der Waals surface area contributed by atoms with Gasteiger partial charge in [0.05, 0.1) is 12.8 Å². The van der Waals surface area contributed by atoms with E-state index in [9.17, 15) is 22.6 Å². The fraction of sp³-hybridized carbons (Fsp3) is 0.143. The van der Waals surface area contributed by atoms with Gasteiger partial charge in [-0.2, -0.15) is 18.6 Å². The number of anilines is 1. The van der Waals surface area contributed by atoms with Crippen LogP contribution in [0.5, 0.6) is 5.75 Å². The number of benzene rings is 3. The third-order valence-corrected chi connectivity index (χ3v) is 5.29. The molecule has 31 heavy (non-hydrogen) atoms. The second-order valence-electron chi connectivity index (χ2n) is 6.43. The van der Waals surface area contributed by atoms with Crippen molar-refractivity contribution in [2.24, 2.45) is 10.2 Å². The molecule has 0 fully saturated rings. The molecule has 0 heterocycles. The summed E-state index contributed by atoms with van der Waals surface area (Å²) in [6, 6.07) is 16.1. The van der Waals surface area contributed by atoms with Crippen molar-refractivity contribution in [2.45, 2.75) is 11.8 Å². The van der Waals surface area contributed by atoms with E-state index >= 15 is 0 Å². The van der Waals surface area contributed by atoms with E-state index in [1.807, 2.05) is 0 Å². The molecule has 2 amide bonds. The highest BCUT2D eigenvalue weighted by Crippen LogP contribution is 2.33. The summed E-state index contributed by atoms with van der Waals surface area (Å²) in [5, 5.41) is 8.84. The van der Waals surface area contributed by atoms with Gasteiger partial charge in [0.25, 0.3) is 16.0 Å². The number of fused-ring (bicyclic) bond motifs is 1. The monoisotopic (exact) mass is 441 g/mol. The molecule has 3 aromatic carbocycles. The third kappa shape index (κ3) is 4.76. The summed E-state index contributed by atoms with van der Waals surface area (Å²) in [4.78, 5) is 25.3. The standard InChI is InChI=1S/C21H19N3O6S/c1-14(25)24(17-9-5-6-10-18(17)30-2)20(26)13-22-23-21-16-8-4-3-7-15(16)11-12-19(21)31(27,28)29/h3-12H,13H2,1-2H3,(H,27,28,29). The maximum absolute atomic E-state index is 12.7. The molecule has 0 saturated carbocycles. The van der Waals surface area contributed by atoms with Crippen molar-refractivity contribution in [2.75, 3.05) is 18.6 Å². The molecule has 0 aliphatic rings. The van der Waals surface area contributed by atoms with Gasteiger partial charge in [0.15, 0.2) is 0 Å². The molecule has 0 atom stereocenters. The second-order valence-corrected chi connectivity index (χ2v) is 7.82. The van der Waals surface area contributed by atoms with Crippen LogP contribution in [0.2, 0.25) is 0 Å². The number of hydrogen-bond acceptors (Lipinski definition) is 7. The van der Waals surface area contributed by atoms with Gasteiger partial charge < -0.3 is 4.74 Å². The number of para-hydroxylation sites is 2. The molecule has 0 bridgehead atoms. The zero-order chi connectivity index (χ0) is 22.6. The fourth-order valence-corrected chi connectivity index (χ4v) is 3.71. The number of nitrogens with zero attached hydrogens (tertiary/aromatic N) is 3. The Morgan fingerprint density at radius 3 is 2.39 bits per heavy atom. The lowest BCUT2D eigenvalue weighted by Gasteiger charge is -2.20. The van der Waals surface area contributed by atoms with Crippen LogP contribution in [0.1, 0.15) is 6.92 Å². The van der Waals surface area contributed by atoms with E-state index in [0.29, 0.717) is 16.5 Å². The van der Waals surface area contributed by atoms with Gasteiger partial charge in [0, 0.05) is 12.3 Å². The largest absolute Gasteiger partial charge is 0.495 e. The van der Waals surface area contributed by atoms with E-state index in [1.165, 1.54) is 26.2 Å². The number of methoxy groups -OCH3 is 1. The molecule has 160 valence electrons. The lowest BCUT2D eigenvalue weighted by atomic mass is 10.1. The predicted octanol–water partition coefficient (Wildman–Crippen LogP) is 3.76. The number of azo groups is 1. The SMILES string of the molecule is COc1ccccc1N(C(C)=O)C(=O)CN=Nc1c(S(=O)(=O)O)ccc2ccccc12. The zero-order valence-electron chi connectivity index (χ0n) is 16.7. The molecule has 10 heteroatoms. The molecule has 3 aromatic rings. The Balaban J connectivity index is 1.96. The first-order valence-electron chi connectivity index (χ1n) is 9.07. The van der Waals surface area contributed by atoms with Gasteiger partial charge >= 0.3 is 0 Å². The second kappa shape index (κ2) is 9.02. The molecular weight excluding hydrogens is 422 g/mol. The number of carbonyl (C=O) groups is 2. The van der Waals surface area contributed by atoms with Gasteiger partial charge in [0.1, 0.15) is 22.9 Å². The summed E-state index contributed by atoms with van der Waals surface area (Å²) in [5.41, 5.74) is 0.154. The van der Waals surface area contributed by atoms with Gasteiger partial charge in [-0.1, -0.05) is 42.5 Å². The zero-order valence-corrected chi connectivity index (χ0v) is 17.5. The van der Waals surface area contributed by atoms with Crippen LogP contribution in [-0.4, -0.2) is 38.4 Å². The van der Waals surface area contributed by atoms with Crippen LogP contribution < -0.4 is 9.64 Å². The number of rotatable bonds is 6. The molecule has 1 N–H and O–H groups in total. The molecule has 0 spiro atoms. The van der Waals surface area contributed by atoms with Crippen molar-refractivity contribution in [1.29, 1.82) is 0 Å². The van der Waals surface area contributed by atoms with Crippen molar-refractivity contribution in [3.8, 4) is 5.75 Å². The van der Waals surface area contributed by atoms with E-state index < -0.39 is 33.4 Å². The average Bonchev–Trinajstić information content (AvgIpc) is 2.73. The molecule has 0 saturated heterocycles.